The summed E-state index contributed by atoms with van der Waals surface area (Å²) < 4.78 is 1.25. The molecule has 1 unspecified atom stereocenters. The van der Waals surface area contributed by atoms with Crippen LogP contribution in [0, 0.1) is 0 Å². The van der Waals surface area contributed by atoms with Crippen molar-refractivity contribution in [1.82, 2.24) is 5.32 Å². The second-order valence-corrected chi connectivity index (χ2v) is 7.30. The summed E-state index contributed by atoms with van der Waals surface area (Å²) in [4.78, 5) is 1.50. The van der Waals surface area contributed by atoms with Gasteiger partial charge in [0.25, 0.3) is 0 Å². The Labute approximate surface area is 111 Å². The topological polar surface area (TPSA) is 12.0 Å². The Hall–Kier alpha value is 0.140. The molecular weight excluding hydrogens is 282 g/mol. The molecule has 16 heavy (non-hydrogen) atoms. The van der Waals surface area contributed by atoms with Crippen LogP contribution < -0.4 is 5.32 Å². The second-order valence-electron chi connectivity index (χ2n) is 4.75. The SMILES string of the molecule is CCC1(Cc2ccc(Br)s2)CCCCCN1. The highest BCUT2D eigenvalue weighted by atomic mass is 79.9. The molecule has 0 radical (unpaired) electrons. The van der Waals surface area contributed by atoms with Crippen LogP contribution >= 0.6 is 27.3 Å². The molecule has 90 valence electrons. The molecule has 1 aliphatic heterocycles. The largest absolute Gasteiger partial charge is 0.311 e. The molecule has 1 saturated heterocycles. The van der Waals surface area contributed by atoms with Gasteiger partial charge >= 0.3 is 0 Å². The van der Waals surface area contributed by atoms with Crippen LogP contribution in [0.3, 0.4) is 0 Å². The van der Waals surface area contributed by atoms with E-state index in [1.165, 1.54) is 53.7 Å². The maximum atomic E-state index is 3.79. The molecule has 1 aliphatic rings. The summed E-state index contributed by atoms with van der Waals surface area (Å²) in [6, 6.07) is 4.43. The van der Waals surface area contributed by atoms with E-state index in [4.69, 9.17) is 0 Å². The summed E-state index contributed by atoms with van der Waals surface area (Å²) in [5.74, 6) is 0. The summed E-state index contributed by atoms with van der Waals surface area (Å²) in [6.07, 6.45) is 7.88. The highest BCUT2D eigenvalue weighted by Crippen LogP contribution is 2.31. The first-order valence-electron chi connectivity index (χ1n) is 6.23. The Morgan fingerprint density at radius 3 is 2.94 bits per heavy atom. The van der Waals surface area contributed by atoms with Gasteiger partial charge < -0.3 is 5.32 Å². The summed E-state index contributed by atoms with van der Waals surface area (Å²) in [6.45, 7) is 3.52. The first kappa shape index (κ1) is 12.6. The normalized spacial score (nSPS) is 26.6. The van der Waals surface area contributed by atoms with Gasteiger partial charge in [-0.25, -0.2) is 0 Å². The second kappa shape index (κ2) is 5.65. The van der Waals surface area contributed by atoms with E-state index in [1.807, 2.05) is 11.3 Å². The van der Waals surface area contributed by atoms with E-state index in [0.717, 1.165) is 0 Å². The van der Waals surface area contributed by atoms with Gasteiger partial charge in [-0.05, 0) is 60.3 Å². The lowest BCUT2D eigenvalue weighted by molar-refractivity contribution is 0.304. The average molecular weight is 302 g/mol. The fourth-order valence-corrected chi connectivity index (χ4v) is 4.19. The molecule has 2 rings (SSSR count). The molecule has 0 aliphatic carbocycles. The first-order valence-corrected chi connectivity index (χ1v) is 7.84. The fraction of sp³-hybridized carbons (Fsp3) is 0.692. The highest BCUT2D eigenvalue weighted by Gasteiger charge is 2.29. The Morgan fingerprint density at radius 1 is 1.38 bits per heavy atom. The summed E-state index contributed by atoms with van der Waals surface area (Å²) in [7, 11) is 0. The van der Waals surface area contributed by atoms with Crippen molar-refractivity contribution in [2.75, 3.05) is 6.54 Å². The average Bonchev–Trinajstić information content (AvgIpc) is 2.54. The molecular formula is C13H20BrNS. The molecule has 1 N–H and O–H groups in total. The third-order valence-electron chi connectivity index (χ3n) is 3.65. The molecule has 1 fully saturated rings. The van der Waals surface area contributed by atoms with Crippen LogP contribution in [0.15, 0.2) is 15.9 Å². The lowest BCUT2D eigenvalue weighted by Gasteiger charge is -2.32. The number of hydrogen-bond donors (Lipinski definition) is 1. The van der Waals surface area contributed by atoms with E-state index in [1.54, 1.807) is 0 Å². The van der Waals surface area contributed by atoms with Crippen LogP contribution in [0.4, 0.5) is 0 Å². The van der Waals surface area contributed by atoms with E-state index in [-0.39, 0.29) is 0 Å². The van der Waals surface area contributed by atoms with Gasteiger partial charge in [0, 0.05) is 10.4 Å². The van der Waals surface area contributed by atoms with Crippen LogP contribution in [0.5, 0.6) is 0 Å². The standard InChI is InChI=1S/C13H20BrNS/c1-2-13(8-4-3-5-9-15-13)10-11-6-7-12(14)16-11/h6-7,15H,2-5,8-10H2,1H3. The zero-order chi connectivity index (χ0) is 11.4. The highest BCUT2D eigenvalue weighted by molar-refractivity contribution is 9.11. The van der Waals surface area contributed by atoms with Crippen LogP contribution in [0.25, 0.3) is 0 Å². The molecule has 1 nitrogen and oxygen atoms in total. The lowest BCUT2D eigenvalue weighted by atomic mass is 9.86. The van der Waals surface area contributed by atoms with Crippen molar-refractivity contribution in [2.24, 2.45) is 0 Å². The fourth-order valence-electron chi connectivity index (χ4n) is 2.57. The number of nitrogens with one attached hydrogen (secondary N) is 1. The van der Waals surface area contributed by atoms with Crippen LogP contribution in [-0.4, -0.2) is 12.1 Å². The minimum absolute atomic E-state index is 0.362. The maximum absolute atomic E-state index is 3.79. The minimum Gasteiger partial charge on any atom is -0.311 e. The van der Waals surface area contributed by atoms with Gasteiger partial charge in [-0.15, -0.1) is 11.3 Å². The van der Waals surface area contributed by atoms with Gasteiger partial charge in [0.2, 0.25) is 0 Å². The molecule has 0 bridgehead atoms. The molecule has 1 aromatic heterocycles. The van der Waals surface area contributed by atoms with E-state index in [9.17, 15) is 0 Å². The molecule has 1 aromatic rings. The molecule has 0 amide bonds. The Morgan fingerprint density at radius 2 is 2.25 bits per heavy atom. The Kier molecular flexibility index (Phi) is 4.45. The van der Waals surface area contributed by atoms with E-state index >= 15 is 0 Å². The van der Waals surface area contributed by atoms with Crippen LogP contribution in [-0.2, 0) is 6.42 Å². The molecule has 0 aromatic carbocycles. The predicted molar refractivity (Wildman–Crippen MR) is 75.2 cm³/mol. The van der Waals surface area contributed by atoms with Gasteiger partial charge in [0.15, 0.2) is 0 Å². The van der Waals surface area contributed by atoms with Crippen molar-refractivity contribution in [3.05, 3.63) is 20.8 Å². The van der Waals surface area contributed by atoms with E-state index in [0.29, 0.717) is 5.54 Å². The van der Waals surface area contributed by atoms with Gasteiger partial charge in [0.1, 0.15) is 0 Å². The van der Waals surface area contributed by atoms with Crippen molar-refractivity contribution in [3.63, 3.8) is 0 Å². The van der Waals surface area contributed by atoms with Crippen LogP contribution in [0.2, 0.25) is 0 Å². The van der Waals surface area contributed by atoms with Crippen molar-refractivity contribution in [3.8, 4) is 0 Å². The molecule has 0 saturated carbocycles. The zero-order valence-corrected chi connectivity index (χ0v) is 12.3. The third kappa shape index (κ3) is 3.08. The van der Waals surface area contributed by atoms with Crippen molar-refractivity contribution in [2.45, 2.75) is 51.0 Å². The van der Waals surface area contributed by atoms with Gasteiger partial charge in [-0.2, -0.15) is 0 Å². The van der Waals surface area contributed by atoms with E-state index < -0.39 is 0 Å². The van der Waals surface area contributed by atoms with Crippen LogP contribution in [0.1, 0.15) is 43.9 Å². The maximum Gasteiger partial charge on any atom is 0.0701 e. The van der Waals surface area contributed by atoms with Crippen molar-refractivity contribution >= 4 is 27.3 Å². The number of halogens is 1. The number of hydrogen-bond acceptors (Lipinski definition) is 2. The zero-order valence-electron chi connectivity index (χ0n) is 9.89. The lowest BCUT2D eigenvalue weighted by Crippen LogP contribution is -2.45. The number of thiophene rings is 1. The Balaban J connectivity index is 2.08. The van der Waals surface area contributed by atoms with Crippen molar-refractivity contribution in [1.29, 1.82) is 0 Å². The van der Waals surface area contributed by atoms with Gasteiger partial charge in [-0.3, -0.25) is 0 Å². The third-order valence-corrected chi connectivity index (χ3v) is 5.27. The summed E-state index contributed by atoms with van der Waals surface area (Å²) in [5, 5.41) is 3.79. The predicted octanol–water partition coefficient (Wildman–Crippen LogP) is 4.37. The first-order chi connectivity index (χ1) is 7.74. The smallest absolute Gasteiger partial charge is 0.0701 e. The van der Waals surface area contributed by atoms with Crippen molar-refractivity contribution < 1.29 is 0 Å². The van der Waals surface area contributed by atoms with Gasteiger partial charge in [-0.1, -0.05) is 19.8 Å². The number of rotatable bonds is 3. The monoisotopic (exact) mass is 301 g/mol. The molecule has 0 spiro atoms. The van der Waals surface area contributed by atoms with E-state index in [2.05, 4.69) is 40.3 Å². The summed E-state index contributed by atoms with van der Waals surface area (Å²) in [5.41, 5.74) is 0.362. The molecule has 2 heterocycles. The minimum atomic E-state index is 0.362. The van der Waals surface area contributed by atoms with Gasteiger partial charge in [0.05, 0.1) is 3.79 Å². The quantitative estimate of drug-likeness (QED) is 0.874. The molecule has 3 heteroatoms. The summed E-state index contributed by atoms with van der Waals surface area (Å²) >= 11 is 5.43. The molecule has 1 atom stereocenters. The Bertz CT molecular complexity index is 326.